The molecule has 1 aromatic rings. The number of nitrogens with zero attached hydrogens (tertiary/aromatic N) is 4. The van der Waals surface area contributed by atoms with Gasteiger partial charge in [0.15, 0.2) is 0 Å². The van der Waals surface area contributed by atoms with Crippen molar-refractivity contribution in [2.75, 3.05) is 52.5 Å². The van der Waals surface area contributed by atoms with Crippen molar-refractivity contribution in [3.8, 4) is 11.8 Å². The molecular weight excluding hydrogens is 458 g/mol. The predicted octanol–water partition coefficient (Wildman–Crippen LogP) is 3.55. The maximum atomic E-state index is 12.9. The number of amides is 3. The Kier molecular flexibility index (Phi) is 9.43. The number of benzene rings is 1. The van der Waals surface area contributed by atoms with Crippen molar-refractivity contribution in [3.05, 3.63) is 29.8 Å². The van der Waals surface area contributed by atoms with E-state index in [2.05, 4.69) is 16.3 Å². The molecule has 0 spiro atoms. The second-order valence-electron chi connectivity index (χ2n) is 11.2. The van der Waals surface area contributed by atoms with Crippen molar-refractivity contribution in [3.63, 3.8) is 0 Å². The number of hydrogen-bond donors (Lipinski definition) is 1. The first kappa shape index (κ1) is 27.6. The summed E-state index contributed by atoms with van der Waals surface area (Å²) in [6.45, 7) is 15.0. The molecule has 2 bridgehead atoms. The highest BCUT2D eigenvalue weighted by atomic mass is 16.6. The lowest BCUT2D eigenvalue weighted by Crippen LogP contribution is -2.57. The number of nitriles is 1. The molecule has 2 aliphatic heterocycles. The van der Waals surface area contributed by atoms with Crippen LogP contribution in [0.25, 0.3) is 0 Å². The summed E-state index contributed by atoms with van der Waals surface area (Å²) in [5.41, 5.74) is 0.168. The van der Waals surface area contributed by atoms with E-state index in [1.165, 1.54) is 0 Å². The van der Waals surface area contributed by atoms with Crippen molar-refractivity contribution >= 4 is 12.1 Å². The number of rotatable bonds is 8. The van der Waals surface area contributed by atoms with E-state index < -0.39 is 5.54 Å². The standard InChI is InChI=1S/C27H41N5O4/c1-20(2)29-25(33)31-18-22-14-23(19-31)17-30(16-22)10-12-36-26(34)32(27(3,4)5)11-13-35-24-8-6-21(15-28)7-9-24/h6-9,20,22-23H,10-14,16-19H2,1-5H3,(H,29,33). The number of ether oxygens (including phenoxy) is 2. The Bertz CT molecular complexity index is 908. The van der Waals surface area contributed by atoms with Crippen LogP contribution in [0.2, 0.25) is 0 Å². The average Bonchev–Trinajstić information content (AvgIpc) is 2.80. The summed E-state index contributed by atoms with van der Waals surface area (Å²) in [5.74, 6) is 1.57. The summed E-state index contributed by atoms with van der Waals surface area (Å²) in [6, 6.07) is 9.17. The zero-order valence-corrected chi connectivity index (χ0v) is 22.3. The lowest BCUT2D eigenvalue weighted by Gasteiger charge is -2.45. The van der Waals surface area contributed by atoms with Crippen molar-refractivity contribution in [2.24, 2.45) is 11.8 Å². The highest BCUT2D eigenvalue weighted by molar-refractivity contribution is 5.74. The van der Waals surface area contributed by atoms with Crippen LogP contribution in [0.4, 0.5) is 9.59 Å². The van der Waals surface area contributed by atoms with Crippen LogP contribution in [0.5, 0.6) is 5.75 Å². The number of piperidine rings is 2. The molecule has 2 heterocycles. The summed E-state index contributed by atoms with van der Waals surface area (Å²) >= 11 is 0. The number of carbonyl (C=O) groups is 2. The van der Waals surface area contributed by atoms with Gasteiger partial charge in [0.05, 0.1) is 18.2 Å². The minimum Gasteiger partial charge on any atom is -0.492 e. The van der Waals surface area contributed by atoms with Gasteiger partial charge in [-0.15, -0.1) is 0 Å². The minimum absolute atomic E-state index is 0.0347. The van der Waals surface area contributed by atoms with Gasteiger partial charge < -0.3 is 19.7 Å². The molecule has 2 aliphatic rings. The maximum absolute atomic E-state index is 12.9. The molecule has 2 atom stereocenters. The van der Waals surface area contributed by atoms with Gasteiger partial charge in [-0.05, 0) is 77.1 Å². The molecule has 0 saturated carbocycles. The van der Waals surface area contributed by atoms with E-state index in [-0.39, 0.29) is 18.2 Å². The van der Waals surface area contributed by atoms with E-state index in [9.17, 15) is 9.59 Å². The van der Waals surface area contributed by atoms with Gasteiger partial charge in [-0.1, -0.05) is 0 Å². The summed E-state index contributed by atoms with van der Waals surface area (Å²) in [7, 11) is 0. The van der Waals surface area contributed by atoms with Gasteiger partial charge in [-0.25, -0.2) is 9.59 Å². The monoisotopic (exact) mass is 499 g/mol. The lowest BCUT2D eigenvalue weighted by molar-refractivity contribution is 0.0237. The molecule has 9 nitrogen and oxygen atoms in total. The molecule has 0 aliphatic carbocycles. The molecular formula is C27H41N5O4. The maximum Gasteiger partial charge on any atom is 0.410 e. The Morgan fingerprint density at radius 2 is 1.75 bits per heavy atom. The van der Waals surface area contributed by atoms with Gasteiger partial charge in [0.1, 0.15) is 19.0 Å². The van der Waals surface area contributed by atoms with Crippen LogP contribution in [0.15, 0.2) is 24.3 Å². The average molecular weight is 500 g/mol. The number of nitrogens with one attached hydrogen (secondary N) is 1. The smallest absolute Gasteiger partial charge is 0.410 e. The largest absolute Gasteiger partial charge is 0.492 e. The number of urea groups is 1. The summed E-state index contributed by atoms with van der Waals surface area (Å²) in [5, 5.41) is 11.9. The van der Waals surface area contributed by atoms with E-state index in [1.54, 1.807) is 29.2 Å². The van der Waals surface area contributed by atoms with Gasteiger partial charge in [0.2, 0.25) is 0 Å². The number of carbonyl (C=O) groups excluding carboxylic acids is 2. The number of hydrogen-bond acceptors (Lipinski definition) is 6. The third-order valence-electron chi connectivity index (χ3n) is 6.59. The van der Waals surface area contributed by atoms with Crippen LogP contribution in [0.1, 0.15) is 46.6 Å². The summed E-state index contributed by atoms with van der Waals surface area (Å²) < 4.78 is 11.4. The highest BCUT2D eigenvalue weighted by Gasteiger charge is 2.36. The van der Waals surface area contributed by atoms with Gasteiger partial charge in [0.25, 0.3) is 0 Å². The van der Waals surface area contributed by atoms with Gasteiger partial charge in [-0.3, -0.25) is 9.80 Å². The Balaban J connectivity index is 1.42. The molecule has 0 aromatic heterocycles. The first-order chi connectivity index (χ1) is 17.0. The summed E-state index contributed by atoms with van der Waals surface area (Å²) in [4.78, 5) is 31.3. The fraction of sp³-hybridized carbons (Fsp3) is 0.667. The molecule has 198 valence electrons. The van der Waals surface area contributed by atoms with Crippen LogP contribution in [0.3, 0.4) is 0 Å². The SMILES string of the molecule is CC(C)NC(=O)N1CC2CC(CN(CCOC(=O)N(CCOc3ccc(C#N)cc3)C(C)(C)C)C2)C1. The fourth-order valence-corrected chi connectivity index (χ4v) is 5.00. The molecule has 36 heavy (non-hydrogen) atoms. The van der Waals surface area contributed by atoms with E-state index in [0.29, 0.717) is 49.5 Å². The van der Waals surface area contributed by atoms with Crippen molar-refractivity contribution in [1.29, 1.82) is 5.26 Å². The molecule has 2 fully saturated rings. The first-order valence-electron chi connectivity index (χ1n) is 12.9. The summed E-state index contributed by atoms with van der Waals surface area (Å²) in [6.07, 6.45) is 0.804. The predicted molar refractivity (Wildman–Crippen MR) is 138 cm³/mol. The number of fused-ring (bicyclic) bond motifs is 2. The Morgan fingerprint density at radius 1 is 1.11 bits per heavy atom. The van der Waals surface area contributed by atoms with Crippen molar-refractivity contribution < 1.29 is 19.1 Å². The second-order valence-corrected chi connectivity index (χ2v) is 11.2. The van der Waals surface area contributed by atoms with Crippen LogP contribution >= 0.6 is 0 Å². The Labute approximate surface area is 215 Å². The van der Waals surface area contributed by atoms with Crippen LogP contribution < -0.4 is 10.1 Å². The first-order valence-corrected chi connectivity index (χ1v) is 12.9. The van der Waals surface area contributed by atoms with E-state index in [4.69, 9.17) is 14.7 Å². The zero-order valence-electron chi connectivity index (χ0n) is 22.3. The molecule has 1 aromatic carbocycles. The van der Waals surface area contributed by atoms with Crippen molar-refractivity contribution in [1.82, 2.24) is 20.0 Å². The molecule has 2 saturated heterocycles. The molecule has 1 N–H and O–H groups in total. The van der Waals surface area contributed by atoms with Crippen LogP contribution in [0, 0.1) is 23.2 Å². The van der Waals surface area contributed by atoms with Crippen LogP contribution in [-0.4, -0.2) is 90.9 Å². The van der Waals surface area contributed by atoms with E-state index >= 15 is 0 Å². The topological polar surface area (TPSA) is 98.1 Å². The fourth-order valence-electron chi connectivity index (χ4n) is 5.00. The highest BCUT2D eigenvalue weighted by Crippen LogP contribution is 2.28. The normalized spacial score (nSPS) is 20.0. The lowest BCUT2D eigenvalue weighted by atomic mass is 9.85. The molecule has 9 heteroatoms. The van der Waals surface area contributed by atoms with Crippen molar-refractivity contribution in [2.45, 2.75) is 52.6 Å². The van der Waals surface area contributed by atoms with E-state index in [0.717, 1.165) is 32.6 Å². The van der Waals surface area contributed by atoms with Gasteiger partial charge in [-0.2, -0.15) is 5.26 Å². The van der Waals surface area contributed by atoms with E-state index in [1.807, 2.05) is 39.5 Å². The zero-order chi connectivity index (χ0) is 26.3. The van der Waals surface area contributed by atoms with Gasteiger partial charge >= 0.3 is 12.1 Å². The van der Waals surface area contributed by atoms with Crippen LogP contribution in [-0.2, 0) is 4.74 Å². The third-order valence-corrected chi connectivity index (χ3v) is 6.59. The Morgan fingerprint density at radius 3 is 2.31 bits per heavy atom. The molecule has 3 rings (SSSR count). The molecule has 3 amide bonds. The minimum atomic E-state index is -0.409. The quantitative estimate of drug-likeness (QED) is 0.588. The second kappa shape index (κ2) is 12.3. The Hall–Kier alpha value is -2.99. The van der Waals surface area contributed by atoms with Gasteiger partial charge in [0, 0.05) is 44.3 Å². The number of likely N-dealkylation sites (tertiary alicyclic amines) is 2. The molecule has 0 radical (unpaired) electrons. The molecule has 2 unspecified atom stereocenters. The third kappa shape index (κ3) is 8.02.